The average molecular weight is 361 g/mol. The first-order valence-corrected chi connectivity index (χ1v) is 9.67. The van der Waals surface area contributed by atoms with E-state index < -0.39 is 0 Å². The van der Waals surface area contributed by atoms with Crippen LogP contribution in [-0.4, -0.2) is 38.1 Å². The first-order chi connectivity index (χ1) is 12.7. The van der Waals surface area contributed by atoms with Gasteiger partial charge in [-0.2, -0.15) is 0 Å². The first kappa shape index (κ1) is 20.1. The zero-order valence-corrected chi connectivity index (χ0v) is 16.0. The third-order valence-corrected chi connectivity index (χ3v) is 4.56. The van der Waals surface area contributed by atoms with Gasteiger partial charge in [-0.15, -0.1) is 0 Å². The maximum absolute atomic E-state index is 12.0. The Labute approximate surface area is 156 Å². The van der Waals surface area contributed by atoms with E-state index in [2.05, 4.69) is 20.9 Å². The Bertz CT molecular complexity index is 583. The molecule has 6 nitrogen and oxygen atoms in total. The number of hydrogen-bond acceptors (Lipinski definition) is 3. The van der Waals surface area contributed by atoms with E-state index >= 15 is 0 Å². The normalized spacial score (nSPS) is 15.4. The molecule has 0 atom stereocenters. The van der Waals surface area contributed by atoms with Crippen LogP contribution in [0.25, 0.3) is 0 Å². The lowest BCUT2D eigenvalue weighted by molar-refractivity contribution is -0.121. The molecule has 1 fully saturated rings. The van der Waals surface area contributed by atoms with Gasteiger partial charge in [0.1, 0.15) is 5.75 Å². The minimum atomic E-state index is 0.113. The van der Waals surface area contributed by atoms with Gasteiger partial charge in [-0.05, 0) is 25.8 Å². The lowest BCUT2D eigenvalue weighted by Gasteiger charge is -2.22. The van der Waals surface area contributed by atoms with Crippen LogP contribution in [0.4, 0.5) is 0 Å². The topological polar surface area (TPSA) is 74.8 Å². The number of hydrogen-bond donors (Lipinski definition) is 3. The van der Waals surface area contributed by atoms with E-state index in [9.17, 15) is 4.79 Å². The van der Waals surface area contributed by atoms with Crippen LogP contribution in [0.5, 0.6) is 5.75 Å². The van der Waals surface area contributed by atoms with Crippen LogP contribution in [-0.2, 0) is 11.3 Å². The standard InChI is InChI=1S/C20H32N4O2/c1-3-26-18-12-8-7-9-16(18)15-23-20(21-2)22-14-13-19(25)24-17-10-5-4-6-11-17/h7-9,12,17H,3-6,10-11,13-15H2,1-2H3,(H,24,25)(H2,21,22,23). The number of nitrogens with zero attached hydrogens (tertiary/aromatic N) is 1. The second-order valence-corrected chi connectivity index (χ2v) is 6.55. The quantitative estimate of drug-likeness (QED) is 0.492. The number of para-hydroxylation sites is 1. The van der Waals surface area contributed by atoms with Crippen molar-refractivity contribution in [3.05, 3.63) is 29.8 Å². The SMILES string of the molecule is CCOc1ccccc1CNC(=NC)NCCC(=O)NC1CCCCC1. The third-order valence-electron chi connectivity index (χ3n) is 4.56. The summed E-state index contributed by atoms with van der Waals surface area (Å²) < 4.78 is 5.63. The highest BCUT2D eigenvalue weighted by Gasteiger charge is 2.15. The lowest BCUT2D eigenvalue weighted by Crippen LogP contribution is -2.41. The lowest BCUT2D eigenvalue weighted by atomic mass is 9.95. The Morgan fingerprint density at radius 3 is 2.69 bits per heavy atom. The van der Waals surface area contributed by atoms with Crippen LogP contribution in [0.1, 0.15) is 51.0 Å². The molecule has 0 saturated heterocycles. The van der Waals surface area contributed by atoms with Crippen LogP contribution < -0.4 is 20.7 Å². The van der Waals surface area contributed by atoms with Gasteiger partial charge in [0.25, 0.3) is 0 Å². The molecule has 1 aliphatic carbocycles. The largest absolute Gasteiger partial charge is 0.494 e. The Morgan fingerprint density at radius 2 is 1.96 bits per heavy atom. The van der Waals surface area contributed by atoms with Crippen molar-refractivity contribution >= 4 is 11.9 Å². The van der Waals surface area contributed by atoms with Crippen LogP contribution in [0.3, 0.4) is 0 Å². The molecule has 0 aromatic heterocycles. The summed E-state index contributed by atoms with van der Waals surface area (Å²) in [6, 6.07) is 8.32. The number of carbonyl (C=O) groups is 1. The van der Waals surface area contributed by atoms with Crippen molar-refractivity contribution in [2.45, 2.75) is 58.0 Å². The van der Waals surface area contributed by atoms with Gasteiger partial charge in [0, 0.05) is 38.2 Å². The van der Waals surface area contributed by atoms with Gasteiger partial charge in [0.2, 0.25) is 5.91 Å². The fraction of sp³-hybridized carbons (Fsp3) is 0.600. The molecule has 1 amide bonds. The summed E-state index contributed by atoms with van der Waals surface area (Å²) in [6.45, 7) is 3.79. The molecular weight excluding hydrogens is 328 g/mol. The molecule has 0 unspecified atom stereocenters. The molecule has 2 rings (SSSR count). The molecule has 1 aromatic carbocycles. The van der Waals surface area contributed by atoms with Crippen molar-refractivity contribution in [3.8, 4) is 5.75 Å². The van der Waals surface area contributed by atoms with E-state index in [-0.39, 0.29) is 5.91 Å². The van der Waals surface area contributed by atoms with Gasteiger partial charge in [-0.3, -0.25) is 9.79 Å². The highest BCUT2D eigenvalue weighted by atomic mass is 16.5. The number of benzene rings is 1. The summed E-state index contributed by atoms with van der Waals surface area (Å²) >= 11 is 0. The highest BCUT2D eigenvalue weighted by Crippen LogP contribution is 2.18. The van der Waals surface area contributed by atoms with E-state index in [0.717, 1.165) is 24.2 Å². The molecule has 3 N–H and O–H groups in total. The van der Waals surface area contributed by atoms with Crippen molar-refractivity contribution in [1.29, 1.82) is 0 Å². The van der Waals surface area contributed by atoms with Crippen LogP contribution in [0.15, 0.2) is 29.3 Å². The zero-order chi connectivity index (χ0) is 18.6. The summed E-state index contributed by atoms with van der Waals surface area (Å²) in [5.74, 6) is 1.67. The smallest absolute Gasteiger partial charge is 0.221 e. The number of amides is 1. The molecule has 0 spiro atoms. The van der Waals surface area contributed by atoms with Gasteiger partial charge in [0.15, 0.2) is 5.96 Å². The fourth-order valence-corrected chi connectivity index (χ4v) is 3.19. The van der Waals surface area contributed by atoms with Gasteiger partial charge in [-0.1, -0.05) is 37.5 Å². The van der Waals surface area contributed by atoms with Gasteiger partial charge in [0.05, 0.1) is 6.61 Å². The Kier molecular flexibility index (Phi) is 8.79. The predicted octanol–water partition coefficient (Wildman–Crippen LogP) is 2.59. The average Bonchev–Trinajstić information content (AvgIpc) is 2.66. The summed E-state index contributed by atoms with van der Waals surface area (Å²) in [7, 11) is 1.73. The molecule has 0 heterocycles. The Morgan fingerprint density at radius 1 is 1.19 bits per heavy atom. The summed E-state index contributed by atoms with van der Waals surface area (Å²) in [4.78, 5) is 16.3. The first-order valence-electron chi connectivity index (χ1n) is 9.67. The van der Waals surface area contributed by atoms with Gasteiger partial charge >= 0.3 is 0 Å². The van der Waals surface area contributed by atoms with Crippen LogP contribution in [0, 0.1) is 0 Å². The predicted molar refractivity (Wildman–Crippen MR) is 105 cm³/mol. The van der Waals surface area contributed by atoms with Crippen molar-refractivity contribution < 1.29 is 9.53 Å². The Hall–Kier alpha value is -2.24. The number of aliphatic imine (C=N–C) groups is 1. The summed E-state index contributed by atoms with van der Waals surface area (Å²) in [5, 5.41) is 9.60. The van der Waals surface area contributed by atoms with Gasteiger partial charge in [-0.25, -0.2) is 0 Å². The van der Waals surface area contributed by atoms with Gasteiger partial charge < -0.3 is 20.7 Å². The van der Waals surface area contributed by atoms with Crippen molar-refractivity contribution in [2.24, 2.45) is 4.99 Å². The van der Waals surface area contributed by atoms with Crippen molar-refractivity contribution in [1.82, 2.24) is 16.0 Å². The third kappa shape index (κ3) is 6.94. The number of nitrogens with one attached hydrogen (secondary N) is 3. The highest BCUT2D eigenvalue weighted by molar-refractivity contribution is 5.81. The Balaban J connectivity index is 1.70. The monoisotopic (exact) mass is 360 g/mol. The summed E-state index contributed by atoms with van der Waals surface area (Å²) in [5.41, 5.74) is 1.08. The van der Waals surface area contributed by atoms with E-state index in [1.165, 1.54) is 19.3 Å². The molecule has 144 valence electrons. The second-order valence-electron chi connectivity index (χ2n) is 6.55. The molecular formula is C20H32N4O2. The molecule has 0 aliphatic heterocycles. The number of guanidine groups is 1. The molecule has 1 aromatic rings. The number of ether oxygens (including phenoxy) is 1. The fourth-order valence-electron chi connectivity index (χ4n) is 3.19. The van der Waals surface area contributed by atoms with Crippen molar-refractivity contribution in [2.75, 3.05) is 20.2 Å². The maximum Gasteiger partial charge on any atom is 0.221 e. The molecule has 6 heteroatoms. The molecule has 26 heavy (non-hydrogen) atoms. The summed E-state index contributed by atoms with van der Waals surface area (Å²) in [6.07, 6.45) is 6.42. The molecule has 1 saturated carbocycles. The van der Waals surface area contributed by atoms with Crippen LogP contribution >= 0.6 is 0 Å². The number of carbonyl (C=O) groups excluding carboxylic acids is 1. The van der Waals surface area contributed by atoms with Crippen molar-refractivity contribution in [3.63, 3.8) is 0 Å². The zero-order valence-electron chi connectivity index (χ0n) is 16.0. The molecule has 1 aliphatic rings. The van der Waals surface area contributed by atoms with E-state index in [0.29, 0.717) is 38.1 Å². The minimum Gasteiger partial charge on any atom is -0.494 e. The van der Waals surface area contributed by atoms with E-state index in [4.69, 9.17) is 4.74 Å². The maximum atomic E-state index is 12.0. The second kappa shape index (κ2) is 11.4. The number of rotatable bonds is 8. The molecule has 0 radical (unpaired) electrons. The minimum absolute atomic E-state index is 0.113. The molecule has 0 bridgehead atoms. The van der Waals surface area contributed by atoms with Crippen LogP contribution in [0.2, 0.25) is 0 Å². The van der Waals surface area contributed by atoms with E-state index in [1.807, 2.05) is 31.2 Å². The van der Waals surface area contributed by atoms with E-state index in [1.54, 1.807) is 7.05 Å².